The maximum Gasteiger partial charge on any atom is 0.256 e. The van der Waals surface area contributed by atoms with Crippen LogP contribution in [0.5, 0.6) is 0 Å². The number of carbonyl (C=O) groups is 1. The summed E-state index contributed by atoms with van der Waals surface area (Å²) in [4.78, 5) is 16.1. The molecular formula is C15H18N4O2. The van der Waals surface area contributed by atoms with Gasteiger partial charge in [-0.05, 0) is 31.4 Å². The lowest BCUT2D eigenvalue weighted by Crippen LogP contribution is -2.45. The zero-order valence-electron chi connectivity index (χ0n) is 11.7. The maximum atomic E-state index is 12.8. The number of hydrogen-bond donors (Lipinski definition) is 1. The highest BCUT2D eigenvalue weighted by atomic mass is 16.3. The second kappa shape index (κ2) is 6.05. The van der Waals surface area contributed by atoms with Crippen LogP contribution in [-0.4, -0.2) is 50.1 Å². The SMILES string of the molecule is O=C(c1ccccc1-n1nccn1)N(CCO)C1CCC1. The van der Waals surface area contributed by atoms with Gasteiger partial charge < -0.3 is 10.0 Å². The Morgan fingerprint density at radius 3 is 2.62 bits per heavy atom. The van der Waals surface area contributed by atoms with Crippen LogP contribution in [0.4, 0.5) is 0 Å². The largest absolute Gasteiger partial charge is 0.395 e. The van der Waals surface area contributed by atoms with Crippen molar-refractivity contribution < 1.29 is 9.90 Å². The van der Waals surface area contributed by atoms with Gasteiger partial charge in [0.25, 0.3) is 5.91 Å². The topological polar surface area (TPSA) is 71.2 Å². The van der Waals surface area contributed by atoms with Crippen LogP contribution < -0.4 is 0 Å². The third-order valence-corrected chi connectivity index (χ3v) is 3.89. The van der Waals surface area contributed by atoms with E-state index in [1.807, 2.05) is 18.2 Å². The Morgan fingerprint density at radius 1 is 1.29 bits per heavy atom. The fourth-order valence-electron chi connectivity index (χ4n) is 2.58. The van der Waals surface area contributed by atoms with E-state index >= 15 is 0 Å². The minimum atomic E-state index is -0.0679. The first-order chi connectivity index (χ1) is 10.3. The maximum absolute atomic E-state index is 12.8. The van der Waals surface area contributed by atoms with Gasteiger partial charge in [-0.15, -0.1) is 0 Å². The van der Waals surface area contributed by atoms with E-state index in [0.717, 1.165) is 19.3 Å². The van der Waals surface area contributed by atoms with Crippen molar-refractivity contribution in [3.8, 4) is 5.69 Å². The number of nitrogens with zero attached hydrogens (tertiary/aromatic N) is 4. The molecule has 1 aliphatic carbocycles. The van der Waals surface area contributed by atoms with Crippen molar-refractivity contribution in [2.45, 2.75) is 25.3 Å². The van der Waals surface area contributed by atoms with Crippen LogP contribution in [-0.2, 0) is 0 Å². The number of rotatable bonds is 5. The van der Waals surface area contributed by atoms with Gasteiger partial charge in [-0.3, -0.25) is 4.79 Å². The Morgan fingerprint density at radius 2 is 2.00 bits per heavy atom. The van der Waals surface area contributed by atoms with E-state index in [1.54, 1.807) is 23.4 Å². The van der Waals surface area contributed by atoms with Gasteiger partial charge in [-0.1, -0.05) is 12.1 Å². The first kappa shape index (κ1) is 13.8. The molecule has 0 bridgehead atoms. The molecule has 0 aliphatic heterocycles. The highest BCUT2D eigenvalue weighted by Crippen LogP contribution is 2.27. The lowest BCUT2D eigenvalue weighted by atomic mass is 9.91. The van der Waals surface area contributed by atoms with Gasteiger partial charge in [0, 0.05) is 12.6 Å². The Bertz CT molecular complexity index is 608. The minimum absolute atomic E-state index is 0.0234. The second-order valence-corrected chi connectivity index (χ2v) is 5.14. The van der Waals surface area contributed by atoms with Crippen LogP contribution in [0.3, 0.4) is 0 Å². The summed E-state index contributed by atoms with van der Waals surface area (Å²) < 4.78 is 0. The molecule has 21 heavy (non-hydrogen) atoms. The lowest BCUT2D eigenvalue weighted by Gasteiger charge is -2.37. The number of amides is 1. The zero-order chi connectivity index (χ0) is 14.7. The van der Waals surface area contributed by atoms with Crippen molar-refractivity contribution in [2.75, 3.05) is 13.2 Å². The average Bonchev–Trinajstić information content (AvgIpc) is 2.98. The molecule has 0 atom stereocenters. The third kappa shape index (κ3) is 2.67. The predicted octanol–water partition coefficient (Wildman–Crippen LogP) is 1.25. The van der Waals surface area contributed by atoms with Crippen molar-refractivity contribution in [2.24, 2.45) is 0 Å². The number of aromatic nitrogens is 3. The van der Waals surface area contributed by atoms with E-state index in [9.17, 15) is 9.90 Å². The first-order valence-electron chi connectivity index (χ1n) is 7.19. The number of carbonyl (C=O) groups excluding carboxylic acids is 1. The van der Waals surface area contributed by atoms with E-state index in [2.05, 4.69) is 10.2 Å². The molecule has 0 spiro atoms. The molecule has 0 radical (unpaired) electrons. The van der Waals surface area contributed by atoms with Gasteiger partial charge in [0.2, 0.25) is 0 Å². The van der Waals surface area contributed by atoms with Crippen molar-refractivity contribution in [3.05, 3.63) is 42.2 Å². The fraction of sp³-hybridized carbons (Fsp3) is 0.400. The Kier molecular flexibility index (Phi) is 3.96. The molecule has 2 aromatic rings. The molecule has 1 aromatic heterocycles. The molecule has 1 amide bonds. The fourth-order valence-corrected chi connectivity index (χ4v) is 2.58. The number of benzene rings is 1. The second-order valence-electron chi connectivity index (χ2n) is 5.14. The zero-order valence-corrected chi connectivity index (χ0v) is 11.7. The normalized spacial score (nSPS) is 14.7. The van der Waals surface area contributed by atoms with Gasteiger partial charge >= 0.3 is 0 Å². The molecule has 1 aliphatic rings. The van der Waals surface area contributed by atoms with E-state index in [4.69, 9.17) is 0 Å². The first-order valence-corrected chi connectivity index (χ1v) is 7.19. The van der Waals surface area contributed by atoms with E-state index in [1.165, 1.54) is 4.80 Å². The molecule has 1 aromatic carbocycles. The Labute approximate surface area is 123 Å². The van der Waals surface area contributed by atoms with Crippen LogP contribution >= 0.6 is 0 Å². The molecule has 110 valence electrons. The van der Waals surface area contributed by atoms with Crippen LogP contribution in [0, 0.1) is 0 Å². The summed E-state index contributed by atoms with van der Waals surface area (Å²) >= 11 is 0. The van der Waals surface area contributed by atoms with E-state index < -0.39 is 0 Å². The number of hydrogen-bond acceptors (Lipinski definition) is 4. The van der Waals surface area contributed by atoms with Gasteiger partial charge in [0.15, 0.2) is 0 Å². The molecule has 1 N–H and O–H groups in total. The van der Waals surface area contributed by atoms with Gasteiger partial charge in [-0.25, -0.2) is 0 Å². The predicted molar refractivity (Wildman–Crippen MR) is 77.1 cm³/mol. The summed E-state index contributed by atoms with van der Waals surface area (Å²) in [5.74, 6) is -0.0679. The molecule has 0 saturated heterocycles. The summed E-state index contributed by atoms with van der Waals surface area (Å²) in [7, 11) is 0. The van der Waals surface area contributed by atoms with Crippen molar-refractivity contribution >= 4 is 5.91 Å². The minimum Gasteiger partial charge on any atom is -0.395 e. The number of para-hydroxylation sites is 1. The highest BCUT2D eigenvalue weighted by Gasteiger charge is 2.30. The summed E-state index contributed by atoms with van der Waals surface area (Å²) in [5, 5.41) is 17.4. The van der Waals surface area contributed by atoms with E-state index in [0.29, 0.717) is 17.8 Å². The summed E-state index contributed by atoms with van der Waals surface area (Å²) in [6.07, 6.45) is 6.32. The standard InChI is InChI=1S/C15H18N4O2/c20-11-10-18(12-4-3-5-12)15(21)13-6-1-2-7-14(13)19-16-8-9-17-19/h1-2,6-9,12,20H,3-5,10-11H2. The molecule has 6 heteroatoms. The van der Waals surface area contributed by atoms with Gasteiger partial charge in [0.05, 0.1) is 30.3 Å². The van der Waals surface area contributed by atoms with Crippen LogP contribution in [0.25, 0.3) is 5.69 Å². The Balaban J connectivity index is 1.93. The molecule has 3 rings (SSSR count). The lowest BCUT2D eigenvalue weighted by molar-refractivity contribution is 0.0525. The van der Waals surface area contributed by atoms with Crippen LogP contribution in [0.15, 0.2) is 36.7 Å². The highest BCUT2D eigenvalue weighted by molar-refractivity contribution is 5.98. The summed E-state index contributed by atoms with van der Waals surface area (Å²) in [6, 6.07) is 7.53. The summed E-state index contributed by atoms with van der Waals surface area (Å²) in [6.45, 7) is 0.342. The van der Waals surface area contributed by atoms with E-state index in [-0.39, 0.29) is 18.6 Å². The monoisotopic (exact) mass is 286 g/mol. The van der Waals surface area contributed by atoms with Crippen LogP contribution in [0.1, 0.15) is 29.6 Å². The van der Waals surface area contributed by atoms with Gasteiger partial charge in [-0.2, -0.15) is 15.0 Å². The molecule has 1 heterocycles. The smallest absolute Gasteiger partial charge is 0.256 e. The molecule has 0 unspecified atom stereocenters. The van der Waals surface area contributed by atoms with Crippen molar-refractivity contribution in [1.29, 1.82) is 0 Å². The Hall–Kier alpha value is -2.21. The van der Waals surface area contributed by atoms with Crippen molar-refractivity contribution in [3.63, 3.8) is 0 Å². The quantitative estimate of drug-likeness (QED) is 0.898. The number of aliphatic hydroxyl groups is 1. The number of aliphatic hydroxyl groups excluding tert-OH is 1. The summed E-state index contributed by atoms with van der Waals surface area (Å²) in [5.41, 5.74) is 1.23. The molecule has 1 saturated carbocycles. The van der Waals surface area contributed by atoms with Crippen molar-refractivity contribution in [1.82, 2.24) is 19.9 Å². The van der Waals surface area contributed by atoms with Gasteiger partial charge in [0.1, 0.15) is 0 Å². The third-order valence-electron chi connectivity index (χ3n) is 3.89. The van der Waals surface area contributed by atoms with Crippen LogP contribution in [0.2, 0.25) is 0 Å². The molecular weight excluding hydrogens is 268 g/mol. The average molecular weight is 286 g/mol. The molecule has 1 fully saturated rings. The molecule has 6 nitrogen and oxygen atoms in total.